The van der Waals surface area contributed by atoms with Crippen molar-refractivity contribution in [3.05, 3.63) is 0 Å². The molecule has 8 aliphatic carbocycles. The maximum Gasteiger partial charge on any atom is 0.199 e. The van der Waals surface area contributed by atoms with Crippen LogP contribution in [-0.2, 0) is 0 Å². The van der Waals surface area contributed by atoms with Gasteiger partial charge in [0.05, 0.1) is 0 Å². The monoisotopic (exact) mass is 210 g/mol. The second kappa shape index (κ2) is 0.745. The molecule has 8 rings (SSSR count). The summed E-state index contributed by atoms with van der Waals surface area (Å²) in [6.07, 6.45) is 0. The van der Waals surface area contributed by atoms with Crippen LogP contribution in [0.25, 0.3) is 0 Å². The Kier molecular flexibility index (Phi) is 0.331. The highest BCUT2D eigenvalue weighted by Gasteiger charge is 3.65. The summed E-state index contributed by atoms with van der Waals surface area (Å²) >= 11 is 0. The van der Waals surface area contributed by atoms with Gasteiger partial charge in [0.1, 0.15) is 10.8 Å². The predicted octanol–water partition coefficient (Wildman–Crippen LogP) is 1.29. The van der Waals surface area contributed by atoms with Crippen LogP contribution in [0.4, 0.5) is 26.3 Å². The Bertz CT molecular complexity index is 402. The van der Waals surface area contributed by atoms with Gasteiger partial charge in [0, 0.05) is 0 Å². The smallest absolute Gasteiger partial charge is 0.199 e. The Labute approximate surface area is 72.3 Å². The summed E-state index contributed by atoms with van der Waals surface area (Å²) in [7, 11) is 0. The fraction of sp³-hybridized carbons (Fsp3) is 1.00. The van der Waals surface area contributed by atoms with Gasteiger partial charge in [-0.3, -0.25) is 0 Å². The first kappa shape index (κ1) is 6.23. The van der Waals surface area contributed by atoms with Gasteiger partial charge in [-0.2, -0.15) is 0 Å². The maximum atomic E-state index is 13.2. The molecule has 74 valence electrons. The number of rotatable bonds is 1. The number of halogens is 6. The molecule has 14 heavy (non-hydrogen) atoms. The average Bonchev–Trinajstić information content (AvgIpc) is 3.09. The van der Waals surface area contributed by atoms with Gasteiger partial charge < -0.3 is 0 Å². The Morgan fingerprint density at radius 1 is 0.357 bits per heavy atom. The molecule has 0 amide bonds. The molecule has 0 aromatic carbocycles. The molecule has 0 N–H and O–H groups in total. The minimum absolute atomic E-state index is 2.27. The fourth-order valence-corrected chi connectivity index (χ4v) is 5.01. The highest BCUT2D eigenvalue weighted by atomic mass is 19.2. The molecule has 0 atom stereocenters. The predicted molar refractivity (Wildman–Crippen MR) is 27.9 cm³/mol. The Hall–Kier alpha value is -0.420. The van der Waals surface area contributed by atoms with Crippen LogP contribution in [0.1, 0.15) is 0 Å². The summed E-state index contributed by atoms with van der Waals surface area (Å²) in [5.41, 5.74) is -21.0. The molecule has 8 fully saturated rings. The van der Waals surface area contributed by atoms with E-state index >= 15 is 0 Å². The van der Waals surface area contributed by atoms with Crippen LogP contribution in [0.3, 0.4) is 0 Å². The molecule has 0 saturated heterocycles. The minimum Gasteiger partial charge on any atom is -0.235 e. The van der Waals surface area contributed by atoms with E-state index in [-0.39, 0.29) is 0 Å². The van der Waals surface area contributed by atoms with Crippen LogP contribution in [0.2, 0.25) is 0 Å². The molecule has 0 unspecified atom stereocenters. The van der Waals surface area contributed by atoms with Crippen LogP contribution >= 0.6 is 0 Å². The van der Waals surface area contributed by atoms with Crippen molar-refractivity contribution in [2.45, 2.75) is 34.0 Å². The summed E-state index contributed by atoms with van der Waals surface area (Å²) in [5.74, 6) is 0. The van der Waals surface area contributed by atoms with Crippen molar-refractivity contribution in [3.63, 3.8) is 0 Å². The van der Waals surface area contributed by atoms with Crippen LogP contribution in [0.15, 0.2) is 0 Å². The summed E-state index contributed by atoms with van der Waals surface area (Å²) in [6, 6.07) is 0. The second-order valence-electron chi connectivity index (χ2n) is 5.45. The third kappa shape index (κ3) is 0.128. The van der Waals surface area contributed by atoms with E-state index in [1.54, 1.807) is 0 Å². The second-order valence-corrected chi connectivity index (χ2v) is 5.45. The van der Waals surface area contributed by atoms with Crippen molar-refractivity contribution < 1.29 is 26.3 Å². The lowest BCUT2D eigenvalue weighted by Gasteiger charge is -1.79. The molecule has 0 radical (unpaired) electrons. The van der Waals surface area contributed by atoms with Crippen LogP contribution in [-0.4, -0.2) is 34.0 Å². The van der Waals surface area contributed by atoms with Crippen LogP contribution in [0.5, 0.6) is 0 Å². The van der Waals surface area contributed by atoms with Gasteiger partial charge in [-0.1, -0.05) is 0 Å². The van der Waals surface area contributed by atoms with Crippen molar-refractivity contribution in [1.29, 1.82) is 0 Å². The zero-order chi connectivity index (χ0) is 10.0. The number of hydrogen-bond donors (Lipinski definition) is 0. The summed E-state index contributed by atoms with van der Waals surface area (Å²) < 4.78 is 79.0. The van der Waals surface area contributed by atoms with Crippen LogP contribution in [0, 0.1) is 10.8 Å². The highest BCUT2D eigenvalue weighted by Crippen LogP contribution is 3.39. The first-order valence-electron chi connectivity index (χ1n) is 4.38. The zero-order valence-corrected chi connectivity index (χ0v) is 6.27. The quantitative estimate of drug-likeness (QED) is 0.572. The Balaban J connectivity index is 1.66. The van der Waals surface area contributed by atoms with Gasteiger partial charge in [0.15, 0.2) is 34.0 Å². The molecule has 0 nitrogen and oxygen atoms in total. The SMILES string of the molecule is FC12C3(F)C1(F)C23C12C3(F)C1(F)C32F. The van der Waals surface area contributed by atoms with E-state index in [1.807, 2.05) is 0 Å². The largest absolute Gasteiger partial charge is 0.235 e. The summed E-state index contributed by atoms with van der Waals surface area (Å²) in [5, 5.41) is 0. The third-order valence-electron chi connectivity index (χ3n) is 6.01. The average molecular weight is 210 g/mol. The topological polar surface area (TPSA) is 0 Å². The maximum absolute atomic E-state index is 13.2. The molecule has 6 heteroatoms. The van der Waals surface area contributed by atoms with Crippen molar-refractivity contribution in [2.75, 3.05) is 0 Å². The van der Waals surface area contributed by atoms with Crippen molar-refractivity contribution in [2.24, 2.45) is 10.8 Å². The van der Waals surface area contributed by atoms with Gasteiger partial charge in [0.2, 0.25) is 0 Å². The minimum atomic E-state index is -2.75. The zero-order valence-electron chi connectivity index (χ0n) is 6.27. The third-order valence-corrected chi connectivity index (χ3v) is 6.01. The molecule has 8 aliphatic rings. The van der Waals surface area contributed by atoms with Gasteiger partial charge >= 0.3 is 0 Å². The molecule has 0 aromatic heterocycles. The van der Waals surface area contributed by atoms with Gasteiger partial charge in [-0.25, -0.2) is 26.3 Å². The molecule has 0 aliphatic heterocycles. The number of alkyl halides is 6. The van der Waals surface area contributed by atoms with Gasteiger partial charge in [-0.05, 0) is 0 Å². The van der Waals surface area contributed by atoms with E-state index in [4.69, 9.17) is 0 Å². The normalized spacial score (nSPS) is 111. The van der Waals surface area contributed by atoms with E-state index in [9.17, 15) is 26.3 Å². The van der Waals surface area contributed by atoms with E-state index in [0.29, 0.717) is 0 Å². The molecule has 0 bridgehead atoms. The molecule has 8 saturated carbocycles. The first-order valence-corrected chi connectivity index (χ1v) is 4.38. The summed E-state index contributed by atoms with van der Waals surface area (Å²) in [6.45, 7) is 0. The lowest BCUT2D eigenvalue weighted by Crippen LogP contribution is -1.91. The van der Waals surface area contributed by atoms with E-state index in [2.05, 4.69) is 0 Å². The molecule has 0 heterocycles. The van der Waals surface area contributed by atoms with Gasteiger partial charge in [0.25, 0.3) is 0 Å². The van der Waals surface area contributed by atoms with E-state index in [1.165, 1.54) is 0 Å². The Morgan fingerprint density at radius 3 is 0.571 bits per heavy atom. The molecular formula is C8F6. The fourth-order valence-electron chi connectivity index (χ4n) is 5.01. The van der Waals surface area contributed by atoms with Gasteiger partial charge in [-0.15, -0.1) is 0 Å². The standard InChI is InChI=1S/C8F6/c9-3-1(4(3,10)5(1,3)11)2-6(12)7(2,13)8(2,6)14. The van der Waals surface area contributed by atoms with E-state index in [0.717, 1.165) is 0 Å². The van der Waals surface area contributed by atoms with Crippen LogP contribution < -0.4 is 0 Å². The number of hydrogen-bond acceptors (Lipinski definition) is 0. The molecule has 0 aromatic rings. The Morgan fingerprint density at radius 2 is 0.500 bits per heavy atom. The van der Waals surface area contributed by atoms with Crippen molar-refractivity contribution in [3.8, 4) is 0 Å². The summed E-state index contributed by atoms with van der Waals surface area (Å²) in [4.78, 5) is 0. The van der Waals surface area contributed by atoms with E-state index < -0.39 is 44.8 Å². The lowest BCUT2D eigenvalue weighted by molar-refractivity contribution is 0.372. The van der Waals surface area contributed by atoms with Crippen molar-refractivity contribution >= 4 is 0 Å². The lowest BCUT2D eigenvalue weighted by atomic mass is 10.2. The first-order chi connectivity index (χ1) is 6.25. The molecular weight excluding hydrogens is 210 g/mol. The van der Waals surface area contributed by atoms with Crippen molar-refractivity contribution in [1.82, 2.24) is 0 Å². The molecule has 0 spiro atoms. The highest BCUT2D eigenvalue weighted by molar-refractivity contribution is 6.08.